The second-order valence-corrected chi connectivity index (χ2v) is 5.31. The van der Waals surface area contributed by atoms with Crippen LogP contribution < -0.4 is 5.73 Å². The molecule has 0 saturated heterocycles. The Balaban J connectivity index is 2.08. The number of imidazole rings is 1. The summed E-state index contributed by atoms with van der Waals surface area (Å²) < 4.78 is 1.98. The van der Waals surface area contributed by atoms with Crippen molar-refractivity contribution in [3.8, 4) is 0 Å². The predicted octanol–water partition coefficient (Wildman–Crippen LogP) is 0.698. The lowest BCUT2D eigenvalue weighted by molar-refractivity contribution is 0.145. The van der Waals surface area contributed by atoms with E-state index in [1.807, 2.05) is 55.2 Å². The van der Waals surface area contributed by atoms with Gasteiger partial charge in [0.25, 0.3) is 0 Å². The molecule has 1 atom stereocenters. The highest BCUT2D eigenvalue weighted by molar-refractivity contribution is 5.24. The molecule has 1 unspecified atom stereocenters. The maximum atomic E-state index is 9.70. The molecular weight excluding hydrogens is 252 g/mol. The van der Waals surface area contributed by atoms with Crippen LogP contribution in [0.3, 0.4) is 0 Å². The third-order valence-electron chi connectivity index (χ3n) is 3.52. The van der Waals surface area contributed by atoms with E-state index in [4.69, 9.17) is 5.73 Å². The molecule has 1 aromatic heterocycles. The molecule has 5 heteroatoms. The summed E-state index contributed by atoms with van der Waals surface area (Å²) in [4.78, 5) is 6.38. The molecule has 108 valence electrons. The maximum Gasteiger partial charge on any atom is 0.122 e. The quantitative estimate of drug-likeness (QED) is 0.813. The first-order chi connectivity index (χ1) is 9.55. The first kappa shape index (κ1) is 14.7. The van der Waals surface area contributed by atoms with E-state index in [-0.39, 0.29) is 6.61 Å². The van der Waals surface area contributed by atoms with Crippen LogP contribution in [-0.2, 0) is 19.1 Å². The Morgan fingerprint density at radius 3 is 2.60 bits per heavy atom. The molecule has 0 spiro atoms. The molecule has 0 aliphatic rings. The lowest BCUT2D eigenvalue weighted by atomic mass is 9.91. The zero-order chi connectivity index (χ0) is 14.6. The summed E-state index contributed by atoms with van der Waals surface area (Å²) in [5, 5.41) is 9.70. The number of likely N-dealkylation sites (N-methyl/N-ethyl adjacent to an activating group) is 1. The molecule has 0 bridgehead atoms. The molecule has 1 heterocycles. The molecule has 2 rings (SSSR count). The van der Waals surface area contributed by atoms with Crippen LogP contribution in [0.4, 0.5) is 0 Å². The largest absolute Gasteiger partial charge is 0.394 e. The van der Waals surface area contributed by atoms with Crippen LogP contribution in [0.25, 0.3) is 0 Å². The highest BCUT2D eigenvalue weighted by Crippen LogP contribution is 2.19. The number of aliphatic hydroxyl groups is 1. The Labute approximate surface area is 119 Å². The number of nitrogens with zero attached hydrogens (tertiary/aromatic N) is 3. The maximum absolute atomic E-state index is 9.70. The number of aromatic nitrogens is 2. The average molecular weight is 274 g/mol. The van der Waals surface area contributed by atoms with Gasteiger partial charge in [0.05, 0.1) is 18.7 Å². The van der Waals surface area contributed by atoms with Crippen molar-refractivity contribution in [2.75, 3.05) is 20.2 Å². The lowest BCUT2D eigenvalue weighted by Crippen LogP contribution is -2.49. The van der Waals surface area contributed by atoms with E-state index in [0.717, 1.165) is 11.4 Å². The third kappa shape index (κ3) is 3.25. The van der Waals surface area contributed by atoms with Gasteiger partial charge in [0.15, 0.2) is 0 Å². The number of benzene rings is 1. The predicted molar refractivity (Wildman–Crippen MR) is 78.9 cm³/mol. The molecule has 2 aromatic rings. The first-order valence-corrected chi connectivity index (χ1v) is 6.65. The summed E-state index contributed by atoms with van der Waals surface area (Å²) in [5.41, 5.74) is 6.54. The van der Waals surface area contributed by atoms with Crippen LogP contribution in [0.15, 0.2) is 42.7 Å². The van der Waals surface area contributed by atoms with Crippen molar-refractivity contribution in [3.63, 3.8) is 0 Å². The summed E-state index contributed by atoms with van der Waals surface area (Å²) in [7, 11) is 3.95. The number of hydrogen-bond donors (Lipinski definition) is 2. The second kappa shape index (κ2) is 6.17. The second-order valence-electron chi connectivity index (χ2n) is 5.31. The fraction of sp³-hybridized carbons (Fsp3) is 0.400. The van der Waals surface area contributed by atoms with Crippen molar-refractivity contribution >= 4 is 0 Å². The Bertz CT molecular complexity index is 540. The summed E-state index contributed by atoms with van der Waals surface area (Å²) in [6.45, 7) is 1.15. The van der Waals surface area contributed by atoms with Crippen LogP contribution in [-0.4, -0.2) is 39.8 Å². The minimum atomic E-state index is -0.763. The summed E-state index contributed by atoms with van der Waals surface area (Å²) >= 11 is 0. The van der Waals surface area contributed by atoms with Gasteiger partial charge in [0, 0.05) is 26.0 Å². The van der Waals surface area contributed by atoms with Crippen LogP contribution in [0, 0.1) is 0 Å². The highest BCUT2D eigenvalue weighted by Gasteiger charge is 2.28. The van der Waals surface area contributed by atoms with Crippen LogP contribution >= 0.6 is 0 Å². The Morgan fingerprint density at radius 1 is 1.35 bits per heavy atom. The standard InChI is InChI=1S/C15H22N4O/c1-18(10-14-17-8-9-19(14)2)11-15(16,12-20)13-6-4-3-5-7-13/h3-9,20H,10-12,16H2,1-2H3. The van der Waals surface area contributed by atoms with Crippen molar-refractivity contribution in [3.05, 3.63) is 54.1 Å². The van der Waals surface area contributed by atoms with E-state index in [2.05, 4.69) is 9.88 Å². The molecule has 0 saturated carbocycles. The number of nitrogens with two attached hydrogens (primary N) is 1. The first-order valence-electron chi connectivity index (χ1n) is 6.65. The van der Waals surface area contributed by atoms with E-state index < -0.39 is 5.54 Å². The van der Waals surface area contributed by atoms with Crippen LogP contribution in [0.2, 0.25) is 0 Å². The third-order valence-corrected chi connectivity index (χ3v) is 3.52. The van der Waals surface area contributed by atoms with Crippen molar-refractivity contribution in [2.24, 2.45) is 12.8 Å². The van der Waals surface area contributed by atoms with E-state index in [1.165, 1.54) is 0 Å². The summed E-state index contributed by atoms with van der Waals surface area (Å²) in [5.74, 6) is 0.973. The number of rotatable bonds is 6. The van der Waals surface area contributed by atoms with Crippen molar-refractivity contribution in [1.82, 2.24) is 14.5 Å². The molecule has 3 N–H and O–H groups in total. The van der Waals surface area contributed by atoms with E-state index >= 15 is 0 Å². The Kier molecular flexibility index (Phi) is 4.54. The average Bonchev–Trinajstić information content (AvgIpc) is 2.85. The monoisotopic (exact) mass is 274 g/mol. The summed E-state index contributed by atoms with van der Waals surface area (Å²) in [6, 6.07) is 9.71. The number of aryl methyl sites for hydroxylation is 1. The molecule has 5 nitrogen and oxygen atoms in total. The fourth-order valence-electron chi connectivity index (χ4n) is 2.33. The zero-order valence-electron chi connectivity index (χ0n) is 12.0. The molecule has 20 heavy (non-hydrogen) atoms. The van der Waals surface area contributed by atoms with Gasteiger partial charge in [-0.05, 0) is 12.6 Å². The van der Waals surface area contributed by atoms with E-state index in [1.54, 1.807) is 6.20 Å². The minimum Gasteiger partial charge on any atom is -0.394 e. The van der Waals surface area contributed by atoms with Gasteiger partial charge in [0.2, 0.25) is 0 Å². The fourth-order valence-corrected chi connectivity index (χ4v) is 2.33. The number of aliphatic hydroxyl groups excluding tert-OH is 1. The van der Waals surface area contributed by atoms with Crippen LogP contribution in [0.1, 0.15) is 11.4 Å². The van der Waals surface area contributed by atoms with Crippen molar-refractivity contribution in [1.29, 1.82) is 0 Å². The minimum absolute atomic E-state index is 0.0953. The van der Waals surface area contributed by atoms with Crippen molar-refractivity contribution < 1.29 is 5.11 Å². The Morgan fingerprint density at radius 2 is 2.05 bits per heavy atom. The normalized spacial score (nSPS) is 14.4. The molecule has 0 radical (unpaired) electrons. The summed E-state index contributed by atoms with van der Waals surface area (Å²) in [6.07, 6.45) is 3.70. The van der Waals surface area contributed by atoms with Gasteiger partial charge in [-0.3, -0.25) is 4.90 Å². The Hall–Kier alpha value is -1.69. The zero-order valence-corrected chi connectivity index (χ0v) is 12.0. The van der Waals surface area contributed by atoms with Crippen molar-refractivity contribution in [2.45, 2.75) is 12.1 Å². The molecule has 0 amide bonds. The smallest absolute Gasteiger partial charge is 0.122 e. The number of hydrogen-bond acceptors (Lipinski definition) is 4. The van der Waals surface area contributed by atoms with Gasteiger partial charge in [0.1, 0.15) is 5.82 Å². The van der Waals surface area contributed by atoms with E-state index in [9.17, 15) is 5.11 Å². The lowest BCUT2D eigenvalue weighted by Gasteiger charge is -2.32. The topological polar surface area (TPSA) is 67.3 Å². The molecule has 0 aliphatic carbocycles. The SMILES string of the molecule is CN(Cc1nccn1C)CC(N)(CO)c1ccccc1. The highest BCUT2D eigenvalue weighted by atomic mass is 16.3. The van der Waals surface area contributed by atoms with Gasteiger partial charge in [-0.25, -0.2) is 4.98 Å². The van der Waals surface area contributed by atoms with Gasteiger partial charge >= 0.3 is 0 Å². The van der Waals surface area contributed by atoms with Gasteiger partial charge in [-0.1, -0.05) is 30.3 Å². The van der Waals surface area contributed by atoms with Gasteiger partial charge in [-0.2, -0.15) is 0 Å². The molecular formula is C15H22N4O. The van der Waals surface area contributed by atoms with Crippen LogP contribution in [0.5, 0.6) is 0 Å². The molecule has 1 aromatic carbocycles. The molecule has 0 aliphatic heterocycles. The van der Waals surface area contributed by atoms with E-state index in [0.29, 0.717) is 13.1 Å². The molecule has 0 fully saturated rings. The van der Waals surface area contributed by atoms with Gasteiger partial charge in [-0.15, -0.1) is 0 Å². The van der Waals surface area contributed by atoms with Gasteiger partial charge < -0.3 is 15.4 Å².